The van der Waals surface area contributed by atoms with Crippen molar-refractivity contribution in [2.75, 3.05) is 13.1 Å². The fourth-order valence-electron chi connectivity index (χ4n) is 1.65. The van der Waals surface area contributed by atoms with E-state index in [1.807, 2.05) is 18.2 Å². The SMILES string of the molecule is O=C(N[C@H]1CNC[C@@H]1O)c1ccccc1. The van der Waals surface area contributed by atoms with E-state index < -0.39 is 6.10 Å². The van der Waals surface area contributed by atoms with Gasteiger partial charge in [0.1, 0.15) is 0 Å². The highest BCUT2D eigenvalue weighted by atomic mass is 16.3. The van der Waals surface area contributed by atoms with Crippen LogP contribution < -0.4 is 10.6 Å². The molecule has 1 saturated heterocycles. The molecular formula is C11H14N2O2. The topological polar surface area (TPSA) is 61.4 Å². The molecule has 0 aliphatic carbocycles. The van der Waals surface area contributed by atoms with Gasteiger partial charge in [-0.05, 0) is 12.1 Å². The Balaban J connectivity index is 1.98. The lowest BCUT2D eigenvalue weighted by Gasteiger charge is -2.15. The Morgan fingerprint density at radius 1 is 1.33 bits per heavy atom. The van der Waals surface area contributed by atoms with Crippen LogP contribution in [-0.2, 0) is 0 Å². The number of amides is 1. The Labute approximate surface area is 88.3 Å². The number of benzene rings is 1. The van der Waals surface area contributed by atoms with Gasteiger partial charge < -0.3 is 15.7 Å². The number of nitrogens with one attached hydrogen (secondary N) is 2. The van der Waals surface area contributed by atoms with Crippen LogP contribution in [0.3, 0.4) is 0 Å². The molecule has 0 aromatic heterocycles. The van der Waals surface area contributed by atoms with Gasteiger partial charge in [-0.25, -0.2) is 0 Å². The minimum Gasteiger partial charge on any atom is -0.390 e. The predicted molar refractivity (Wildman–Crippen MR) is 56.6 cm³/mol. The average molecular weight is 206 g/mol. The lowest BCUT2D eigenvalue weighted by Crippen LogP contribution is -2.42. The summed E-state index contributed by atoms with van der Waals surface area (Å²) in [6.07, 6.45) is -0.488. The average Bonchev–Trinajstić information content (AvgIpc) is 2.66. The summed E-state index contributed by atoms with van der Waals surface area (Å²) in [6.45, 7) is 1.17. The Hall–Kier alpha value is -1.39. The molecule has 1 heterocycles. The number of carbonyl (C=O) groups excluding carboxylic acids is 1. The van der Waals surface area contributed by atoms with Crippen molar-refractivity contribution in [3.63, 3.8) is 0 Å². The van der Waals surface area contributed by atoms with Crippen molar-refractivity contribution in [3.8, 4) is 0 Å². The van der Waals surface area contributed by atoms with Crippen molar-refractivity contribution in [2.24, 2.45) is 0 Å². The van der Waals surface area contributed by atoms with Crippen LogP contribution >= 0.6 is 0 Å². The molecule has 0 spiro atoms. The van der Waals surface area contributed by atoms with Crippen molar-refractivity contribution < 1.29 is 9.90 Å². The molecule has 1 aliphatic rings. The summed E-state index contributed by atoms with van der Waals surface area (Å²) in [6, 6.07) is 8.82. The van der Waals surface area contributed by atoms with Gasteiger partial charge in [0.2, 0.25) is 0 Å². The second-order valence-electron chi connectivity index (χ2n) is 3.67. The Morgan fingerprint density at radius 3 is 2.67 bits per heavy atom. The molecule has 15 heavy (non-hydrogen) atoms. The lowest BCUT2D eigenvalue weighted by atomic mass is 10.1. The number of carbonyl (C=O) groups is 1. The second kappa shape index (κ2) is 4.42. The molecule has 4 nitrogen and oxygen atoms in total. The maximum absolute atomic E-state index is 11.7. The molecule has 1 fully saturated rings. The summed E-state index contributed by atoms with van der Waals surface area (Å²) >= 11 is 0. The van der Waals surface area contributed by atoms with E-state index in [2.05, 4.69) is 10.6 Å². The Morgan fingerprint density at radius 2 is 2.07 bits per heavy atom. The highest BCUT2D eigenvalue weighted by Gasteiger charge is 2.26. The molecule has 0 saturated carbocycles. The minimum atomic E-state index is -0.488. The number of hydrogen-bond acceptors (Lipinski definition) is 3. The monoisotopic (exact) mass is 206 g/mol. The normalized spacial score (nSPS) is 25.1. The summed E-state index contributed by atoms with van der Waals surface area (Å²) in [5, 5.41) is 15.3. The standard InChI is InChI=1S/C11H14N2O2/c14-10-7-12-6-9(10)13-11(15)8-4-2-1-3-5-8/h1-5,9-10,12,14H,6-7H2,(H,13,15)/t9-,10-/m0/s1. The van der Waals surface area contributed by atoms with Crippen LogP contribution in [0.1, 0.15) is 10.4 Å². The highest BCUT2D eigenvalue weighted by Crippen LogP contribution is 2.03. The molecule has 2 atom stereocenters. The van der Waals surface area contributed by atoms with Gasteiger partial charge in [-0.3, -0.25) is 4.79 Å². The van der Waals surface area contributed by atoms with E-state index in [0.717, 1.165) is 0 Å². The van der Waals surface area contributed by atoms with Gasteiger partial charge >= 0.3 is 0 Å². The van der Waals surface area contributed by atoms with Crippen LogP contribution in [0, 0.1) is 0 Å². The highest BCUT2D eigenvalue weighted by molar-refractivity contribution is 5.94. The van der Waals surface area contributed by atoms with Crippen LogP contribution in [0.4, 0.5) is 0 Å². The van der Waals surface area contributed by atoms with E-state index in [4.69, 9.17) is 0 Å². The van der Waals surface area contributed by atoms with Gasteiger partial charge in [-0.1, -0.05) is 18.2 Å². The maximum Gasteiger partial charge on any atom is 0.251 e. The zero-order chi connectivity index (χ0) is 10.7. The van der Waals surface area contributed by atoms with Crippen molar-refractivity contribution in [2.45, 2.75) is 12.1 Å². The molecule has 3 N–H and O–H groups in total. The molecule has 1 aromatic rings. The molecule has 0 radical (unpaired) electrons. The zero-order valence-corrected chi connectivity index (χ0v) is 8.31. The first-order valence-electron chi connectivity index (χ1n) is 5.02. The van der Waals surface area contributed by atoms with E-state index in [1.165, 1.54) is 0 Å². The van der Waals surface area contributed by atoms with Gasteiger partial charge in [0.05, 0.1) is 12.1 Å². The summed E-state index contributed by atoms with van der Waals surface area (Å²) < 4.78 is 0. The number of rotatable bonds is 2. The van der Waals surface area contributed by atoms with E-state index in [-0.39, 0.29) is 11.9 Å². The van der Waals surface area contributed by atoms with Crippen molar-refractivity contribution in [1.82, 2.24) is 10.6 Å². The fourth-order valence-corrected chi connectivity index (χ4v) is 1.65. The largest absolute Gasteiger partial charge is 0.390 e. The molecule has 4 heteroatoms. The second-order valence-corrected chi connectivity index (χ2v) is 3.67. The van der Waals surface area contributed by atoms with E-state index in [1.54, 1.807) is 12.1 Å². The van der Waals surface area contributed by atoms with E-state index >= 15 is 0 Å². The quantitative estimate of drug-likeness (QED) is 0.625. The smallest absolute Gasteiger partial charge is 0.251 e. The molecule has 1 amide bonds. The lowest BCUT2D eigenvalue weighted by molar-refractivity contribution is 0.0888. The van der Waals surface area contributed by atoms with Crippen LogP contribution in [0.25, 0.3) is 0 Å². The first-order valence-corrected chi connectivity index (χ1v) is 5.02. The number of aliphatic hydroxyl groups excluding tert-OH is 1. The third-order valence-corrected chi connectivity index (χ3v) is 2.53. The van der Waals surface area contributed by atoms with Gasteiger partial charge in [-0.2, -0.15) is 0 Å². The predicted octanol–water partition coefficient (Wildman–Crippen LogP) is -0.251. The number of hydrogen-bond donors (Lipinski definition) is 3. The summed E-state index contributed by atoms with van der Waals surface area (Å²) in [5.74, 6) is -0.136. The number of β-amino-alcohol motifs (C(OH)–C–C–N with tert-alkyl or cyclic N) is 1. The molecule has 80 valence electrons. The van der Waals surface area contributed by atoms with Crippen molar-refractivity contribution in [3.05, 3.63) is 35.9 Å². The van der Waals surface area contributed by atoms with Crippen LogP contribution in [0.15, 0.2) is 30.3 Å². The zero-order valence-electron chi connectivity index (χ0n) is 8.31. The molecular weight excluding hydrogens is 192 g/mol. The molecule has 1 aromatic carbocycles. The van der Waals surface area contributed by atoms with Gasteiger partial charge in [0.15, 0.2) is 0 Å². The minimum absolute atomic E-state index is 0.136. The van der Waals surface area contributed by atoms with Crippen LogP contribution in [-0.4, -0.2) is 36.2 Å². The third-order valence-electron chi connectivity index (χ3n) is 2.53. The van der Waals surface area contributed by atoms with Crippen molar-refractivity contribution in [1.29, 1.82) is 0 Å². The Kier molecular flexibility index (Phi) is 2.99. The Bertz CT molecular complexity index is 340. The van der Waals surface area contributed by atoms with Crippen LogP contribution in [0.5, 0.6) is 0 Å². The molecule has 2 rings (SSSR count). The molecule has 0 bridgehead atoms. The van der Waals surface area contributed by atoms with Crippen molar-refractivity contribution >= 4 is 5.91 Å². The third kappa shape index (κ3) is 2.34. The molecule has 1 aliphatic heterocycles. The maximum atomic E-state index is 11.7. The van der Waals surface area contributed by atoms with E-state index in [0.29, 0.717) is 18.7 Å². The number of aliphatic hydroxyl groups is 1. The first kappa shape index (κ1) is 10.1. The van der Waals surface area contributed by atoms with E-state index in [9.17, 15) is 9.90 Å². The van der Waals surface area contributed by atoms with Gasteiger partial charge in [-0.15, -0.1) is 0 Å². The summed E-state index contributed by atoms with van der Waals surface area (Å²) in [5.41, 5.74) is 0.622. The molecule has 0 unspecified atom stereocenters. The summed E-state index contributed by atoms with van der Waals surface area (Å²) in [4.78, 5) is 11.7. The van der Waals surface area contributed by atoms with Gasteiger partial charge in [0.25, 0.3) is 5.91 Å². The first-order chi connectivity index (χ1) is 7.27. The van der Waals surface area contributed by atoms with Gasteiger partial charge in [0, 0.05) is 18.7 Å². The van der Waals surface area contributed by atoms with Crippen LogP contribution in [0.2, 0.25) is 0 Å². The summed E-state index contributed by atoms with van der Waals surface area (Å²) in [7, 11) is 0. The fraction of sp³-hybridized carbons (Fsp3) is 0.364.